The van der Waals surface area contributed by atoms with Gasteiger partial charge < -0.3 is 4.42 Å². The number of aldehydes is 1. The highest BCUT2D eigenvalue weighted by molar-refractivity contribution is 5.73. The van der Waals surface area contributed by atoms with Crippen molar-refractivity contribution in [2.75, 3.05) is 0 Å². The monoisotopic (exact) mass is 97.0 g/mol. The summed E-state index contributed by atoms with van der Waals surface area (Å²) in [6.45, 7) is 0. The zero-order valence-corrected chi connectivity index (χ0v) is 3.63. The highest BCUT2D eigenvalue weighted by atomic mass is 16.3. The SMILES string of the molecule is O=Cc1ccoc1.[H+]. The molecule has 7 heavy (non-hydrogen) atoms. The van der Waals surface area contributed by atoms with Gasteiger partial charge in [-0.25, -0.2) is 0 Å². The van der Waals surface area contributed by atoms with Crippen molar-refractivity contribution < 1.29 is 10.6 Å². The van der Waals surface area contributed by atoms with Crippen molar-refractivity contribution in [1.82, 2.24) is 0 Å². The number of rotatable bonds is 1. The number of hydrogen-bond donors (Lipinski definition) is 0. The summed E-state index contributed by atoms with van der Waals surface area (Å²) in [7, 11) is 0. The Hall–Kier alpha value is -1.05. The summed E-state index contributed by atoms with van der Waals surface area (Å²) in [4.78, 5) is 9.81. The average molecular weight is 97.1 g/mol. The molecular formula is C5H5O2+. The van der Waals surface area contributed by atoms with Gasteiger partial charge >= 0.3 is 1.43 Å². The molecule has 0 bridgehead atoms. The van der Waals surface area contributed by atoms with Crippen LogP contribution in [-0.2, 0) is 0 Å². The molecule has 0 atom stereocenters. The van der Waals surface area contributed by atoms with Gasteiger partial charge in [0.2, 0.25) is 0 Å². The van der Waals surface area contributed by atoms with Crippen molar-refractivity contribution in [3.63, 3.8) is 0 Å². The van der Waals surface area contributed by atoms with E-state index in [2.05, 4.69) is 4.42 Å². The van der Waals surface area contributed by atoms with Crippen LogP contribution in [0.25, 0.3) is 0 Å². The van der Waals surface area contributed by atoms with Gasteiger partial charge in [-0.05, 0) is 6.07 Å². The fourth-order valence-electron chi connectivity index (χ4n) is 0.342. The summed E-state index contributed by atoms with van der Waals surface area (Å²) in [6.07, 6.45) is 3.60. The largest absolute Gasteiger partial charge is 1.00 e. The molecule has 0 saturated heterocycles. The number of furan rings is 1. The molecule has 0 unspecified atom stereocenters. The van der Waals surface area contributed by atoms with Gasteiger partial charge in [0, 0.05) is 0 Å². The second-order valence-electron chi connectivity index (χ2n) is 1.17. The number of hydrogen-bond acceptors (Lipinski definition) is 2. The first-order valence-electron chi connectivity index (χ1n) is 1.91. The lowest BCUT2D eigenvalue weighted by molar-refractivity contribution is 0.112. The van der Waals surface area contributed by atoms with Gasteiger partial charge in [0.25, 0.3) is 0 Å². The molecule has 1 rings (SSSR count). The topological polar surface area (TPSA) is 30.2 Å². The zero-order valence-electron chi connectivity index (χ0n) is 4.63. The van der Waals surface area contributed by atoms with E-state index in [1.807, 2.05) is 0 Å². The normalized spacial score (nSPS) is 8.57. The van der Waals surface area contributed by atoms with Crippen molar-refractivity contribution in [2.45, 2.75) is 0 Å². The van der Waals surface area contributed by atoms with Crippen LogP contribution in [0.4, 0.5) is 0 Å². The van der Waals surface area contributed by atoms with Crippen molar-refractivity contribution in [3.8, 4) is 0 Å². The molecule has 1 heterocycles. The molecule has 1 aromatic rings. The molecular weight excluding hydrogens is 92.1 g/mol. The van der Waals surface area contributed by atoms with Gasteiger partial charge in [0.1, 0.15) is 6.26 Å². The van der Waals surface area contributed by atoms with Crippen LogP contribution < -0.4 is 0 Å². The van der Waals surface area contributed by atoms with Crippen LogP contribution in [0.3, 0.4) is 0 Å². The Balaban J connectivity index is 0.000000490. The summed E-state index contributed by atoms with van der Waals surface area (Å²) < 4.78 is 4.57. The van der Waals surface area contributed by atoms with Gasteiger partial charge in [-0.2, -0.15) is 0 Å². The van der Waals surface area contributed by atoms with Gasteiger partial charge in [-0.1, -0.05) is 0 Å². The van der Waals surface area contributed by atoms with Crippen molar-refractivity contribution >= 4 is 6.29 Å². The van der Waals surface area contributed by atoms with E-state index in [1.54, 1.807) is 6.07 Å². The predicted octanol–water partition coefficient (Wildman–Crippen LogP) is 1.20. The maximum Gasteiger partial charge on any atom is 1.00 e. The first-order valence-corrected chi connectivity index (χ1v) is 1.91. The van der Waals surface area contributed by atoms with E-state index in [9.17, 15) is 4.79 Å². The minimum atomic E-state index is 0. The Labute approximate surface area is 42.2 Å². The first kappa shape index (κ1) is 4.12. The summed E-state index contributed by atoms with van der Waals surface area (Å²) in [5.41, 5.74) is 0.583. The van der Waals surface area contributed by atoms with E-state index >= 15 is 0 Å². The van der Waals surface area contributed by atoms with Gasteiger partial charge in [0.05, 0.1) is 11.8 Å². The second kappa shape index (κ2) is 1.60. The Kier molecular flexibility index (Phi) is 0.941. The molecule has 0 saturated carbocycles. The molecule has 0 N–H and O–H groups in total. The molecule has 0 aromatic carbocycles. The third-order valence-corrected chi connectivity index (χ3v) is 0.679. The van der Waals surface area contributed by atoms with Gasteiger partial charge in [-0.3, -0.25) is 4.79 Å². The van der Waals surface area contributed by atoms with Crippen LogP contribution in [0, 0.1) is 0 Å². The molecule has 0 aliphatic carbocycles. The molecule has 2 nitrogen and oxygen atoms in total. The predicted molar refractivity (Wildman–Crippen MR) is 25.2 cm³/mol. The van der Waals surface area contributed by atoms with Crippen LogP contribution in [0.2, 0.25) is 0 Å². The lowest BCUT2D eigenvalue weighted by atomic mass is 10.4. The Morgan fingerprint density at radius 3 is 3.00 bits per heavy atom. The average Bonchev–Trinajstić information content (AvgIpc) is 2.14. The lowest BCUT2D eigenvalue weighted by Crippen LogP contribution is -1.65. The molecule has 1 aromatic heterocycles. The van der Waals surface area contributed by atoms with Crippen LogP contribution in [0.15, 0.2) is 23.0 Å². The summed E-state index contributed by atoms with van der Waals surface area (Å²) in [5.74, 6) is 0. The number of carbonyl (C=O) groups is 1. The quantitative estimate of drug-likeness (QED) is 0.493. The molecule has 0 aliphatic rings. The zero-order chi connectivity index (χ0) is 5.11. The van der Waals surface area contributed by atoms with Gasteiger partial charge in [-0.15, -0.1) is 0 Å². The molecule has 2 heteroatoms. The molecule has 0 aliphatic heterocycles. The van der Waals surface area contributed by atoms with Gasteiger partial charge in [0.15, 0.2) is 6.29 Å². The van der Waals surface area contributed by atoms with Crippen molar-refractivity contribution in [2.24, 2.45) is 0 Å². The number of carbonyl (C=O) groups excluding carboxylic acids is 1. The lowest BCUT2D eigenvalue weighted by Gasteiger charge is -1.64. The third kappa shape index (κ3) is 0.682. The smallest absolute Gasteiger partial charge is 0.472 e. The third-order valence-electron chi connectivity index (χ3n) is 0.679. The summed E-state index contributed by atoms with van der Waals surface area (Å²) in [6, 6.07) is 1.60. The van der Waals surface area contributed by atoms with E-state index in [4.69, 9.17) is 0 Å². The summed E-state index contributed by atoms with van der Waals surface area (Å²) in [5, 5.41) is 0. The second-order valence-corrected chi connectivity index (χ2v) is 1.17. The minimum Gasteiger partial charge on any atom is -0.472 e. The van der Waals surface area contributed by atoms with Crippen molar-refractivity contribution in [1.29, 1.82) is 0 Å². The van der Waals surface area contributed by atoms with E-state index in [-0.39, 0.29) is 1.43 Å². The van der Waals surface area contributed by atoms with E-state index in [0.29, 0.717) is 5.56 Å². The highest BCUT2D eigenvalue weighted by Crippen LogP contribution is 1.92. The Bertz CT molecular complexity index is 145. The van der Waals surface area contributed by atoms with Crippen LogP contribution in [-0.4, -0.2) is 6.29 Å². The molecule has 0 amide bonds. The van der Waals surface area contributed by atoms with E-state index < -0.39 is 0 Å². The highest BCUT2D eigenvalue weighted by Gasteiger charge is 1.84. The van der Waals surface area contributed by atoms with Crippen LogP contribution in [0.1, 0.15) is 11.8 Å². The van der Waals surface area contributed by atoms with Crippen molar-refractivity contribution in [3.05, 3.63) is 24.2 Å². The minimum absolute atomic E-state index is 0. The Morgan fingerprint density at radius 2 is 2.71 bits per heavy atom. The van der Waals surface area contributed by atoms with E-state index in [1.165, 1.54) is 12.5 Å². The molecule has 0 radical (unpaired) electrons. The fraction of sp³-hybridized carbons (Fsp3) is 0. The summed E-state index contributed by atoms with van der Waals surface area (Å²) >= 11 is 0. The van der Waals surface area contributed by atoms with Crippen LogP contribution in [0.5, 0.6) is 0 Å². The first-order chi connectivity index (χ1) is 3.43. The Morgan fingerprint density at radius 1 is 1.86 bits per heavy atom. The standard InChI is InChI=1S/C5H4O2/c6-3-5-1-2-7-4-5/h1-4H/p+1. The molecule has 36 valence electrons. The maximum absolute atomic E-state index is 9.81. The molecule has 0 spiro atoms. The van der Waals surface area contributed by atoms with Crippen LogP contribution >= 0.6 is 0 Å². The maximum atomic E-state index is 9.81. The van der Waals surface area contributed by atoms with E-state index in [0.717, 1.165) is 6.29 Å². The fourth-order valence-corrected chi connectivity index (χ4v) is 0.342. The molecule has 0 fully saturated rings.